The molecule has 1 rings (SSSR count). The fourth-order valence-corrected chi connectivity index (χ4v) is 1.62. The molecule has 0 atom stereocenters. The molecule has 1 aromatic heterocycles. The molecule has 0 fully saturated rings. The van der Waals surface area contributed by atoms with Gasteiger partial charge in [-0.1, -0.05) is 0 Å². The molecule has 0 aliphatic heterocycles. The van der Waals surface area contributed by atoms with Gasteiger partial charge in [-0.2, -0.15) is 12.6 Å². The van der Waals surface area contributed by atoms with E-state index in [2.05, 4.69) is 33.5 Å². The van der Waals surface area contributed by atoms with Gasteiger partial charge in [0.05, 0.1) is 12.8 Å². The number of ether oxygens (including phenoxy) is 1. The Labute approximate surface area is 98.6 Å². The normalized spacial score (nSPS) is 10.1. The second-order valence-corrected chi connectivity index (χ2v) is 4.33. The Morgan fingerprint density at radius 2 is 2.14 bits per heavy atom. The molecule has 0 N–H and O–H groups in total. The summed E-state index contributed by atoms with van der Waals surface area (Å²) in [5, 5.41) is 0. The number of hydrogen-bond donors (Lipinski definition) is 1. The summed E-state index contributed by atoms with van der Waals surface area (Å²) in [6, 6.07) is 1.92. The Balaban J connectivity index is 2.18. The van der Waals surface area contributed by atoms with Crippen LogP contribution in [0.3, 0.4) is 0 Å². The predicted octanol–water partition coefficient (Wildman–Crippen LogP) is 3.32. The van der Waals surface area contributed by atoms with Gasteiger partial charge < -0.3 is 4.74 Å². The third-order valence-corrected chi connectivity index (χ3v) is 2.50. The zero-order valence-electron chi connectivity index (χ0n) is 7.95. The maximum Gasteiger partial charge on any atom is 0.138 e. The van der Waals surface area contributed by atoms with Gasteiger partial charge in [0.25, 0.3) is 0 Å². The van der Waals surface area contributed by atoms with Gasteiger partial charge in [0, 0.05) is 10.7 Å². The molecule has 0 aromatic carbocycles. The fourth-order valence-electron chi connectivity index (χ4n) is 1.05. The van der Waals surface area contributed by atoms with Crippen molar-refractivity contribution in [2.45, 2.75) is 19.3 Å². The number of aromatic nitrogens is 1. The first-order valence-electron chi connectivity index (χ1n) is 4.67. The minimum Gasteiger partial charge on any atom is -0.492 e. The molecule has 0 radical (unpaired) electrons. The Kier molecular flexibility index (Phi) is 6.03. The molecule has 2 nitrogen and oxygen atoms in total. The topological polar surface area (TPSA) is 22.1 Å². The lowest BCUT2D eigenvalue weighted by Gasteiger charge is -2.05. The fraction of sp³-hybridized carbons (Fsp3) is 0.500. The van der Waals surface area contributed by atoms with Gasteiger partial charge in [-0.3, -0.25) is 4.98 Å². The maximum absolute atomic E-state index is 5.52. The Hall–Kier alpha value is -0.220. The number of thiol groups is 1. The van der Waals surface area contributed by atoms with Gasteiger partial charge in [0.1, 0.15) is 5.75 Å². The molecule has 0 saturated heterocycles. The highest BCUT2D eigenvalue weighted by Crippen LogP contribution is 2.16. The van der Waals surface area contributed by atoms with E-state index < -0.39 is 0 Å². The minimum absolute atomic E-state index is 0.756. The van der Waals surface area contributed by atoms with Crippen LogP contribution in [0.4, 0.5) is 0 Å². The lowest BCUT2D eigenvalue weighted by Crippen LogP contribution is -1.97. The largest absolute Gasteiger partial charge is 0.492 e. The molecule has 0 spiro atoms. The predicted molar refractivity (Wildman–Crippen MR) is 65.1 cm³/mol. The van der Waals surface area contributed by atoms with E-state index in [1.807, 2.05) is 6.07 Å². The van der Waals surface area contributed by atoms with Crippen molar-refractivity contribution in [3.63, 3.8) is 0 Å². The maximum atomic E-state index is 5.52. The van der Waals surface area contributed by atoms with Gasteiger partial charge >= 0.3 is 0 Å². The Bertz CT molecular complexity index is 270. The first kappa shape index (κ1) is 11.9. The highest BCUT2D eigenvalue weighted by molar-refractivity contribution is 9.10. The second-order valence-electron chi connectivity index (χ2n) is 2.97. The first-order valence-corrected chi connectivity index (χ1v) is 6.09. The quantitative estimate of drug-likeness (QED) is 0.636. The van der Waals surface area contributed by atoms with Crippen LogP contribution in [0.15, 0.2) is 22.9 Å². The van der Waals surface area contributed by atoms with Crippen molar-refractivity contribution in [2.24, 2.45) is 0 Å². The number of unbranched alkanes of at least 4 members (excludes halogenated alkanes) is 2. The van der Waals surface area contributed by atoms with Crippen molar-refractivity contribution in [3.8, 4) is 5.75 Å². The van der Waals surface area contributed by atoms with E-state index in [0.29, 0.717) is 0 Å². The molecule has 0 aliphatic rings. The van der Waals surface area contributed by atoms with Crippen molar-refractivity contribution < 1.29 is 4.74 Å². The van der Waals surface area contributed by atoms with Gasteiger partial charge in [-0.15, -0.1) is 0 Å². The Morgan fingerprint density at radius 3 is 2.86 bits per heavy atom. The summed E-state index contributed by atoms with van der Waals surface area (Å²) in [6.07, 6.45) is 6.87. The third kappa shape index (κ3) is 4.86. The number of hydrogen-bond acceptors (Lipinski definition) is 3. The molecule has 1 heterocycles. The summed E-state index contributed by atoms with van der Waals surface area (Å²) in [4.78, 5) is 4.02. The summed E-state index contributed by atoms with van der Waals surface area (Å²) in [6.45, 7) is 0.756. The summed E-state index contributed by atoms with van der Waals surface area (Å²) >= 11 is 7.49. The van der Waals surface area contributed by atoms with Crippen LogP contribution in [0, 0.1) is 0 Å². The van der Waals surface area contributed by atoms with Crippen LogP contribution in [0.1, 0.15) is 19.3 Å². The molecule has 78 valence electrons. The average molecular weight is 276 g/mol. The van der Waals surface area contributed by atoms with Crippen LogP contribution in [-0.2, 0) is 0 Å². The number of rotatable bonds is 6. The minimum atomic E-state index is 0.756. The van der Waals surface area contributed by atoms with Gasteiger partial charge in [0.2, 0.25) is 0 Å². The van der Waals surface area contributed by atoms with E-state index in [9.17, 15) is 0 Å². The van der Waals surface area contributed by atoms with Crippen molar-refractivity contribution in [1.82, 2.24) is 4.98 Å². The van der Waals surface area contributed by atoms with Gasteiger partial charge in [-0.05, 0) is 47.0 Å². The van der Waals surface area contributed by atoms with Crippen LogP contribution in [-0.4, -0.2) is 17.3 Å². The highest BCUT2D eigenvalue weighted by Gasteiger charge is 1.95. The average Bonchev–Trinajstić information content (AvgIpc) is 2.18. The zero-order valence-corrected chi connectivity index (χ0v) is 10.4. The monoisotopic (exact) mass is 275 g/mol. The van der Waals surface area contributed by atoms with E-state index >= 15 is 0 Å². The molecule has 0 unspecified atom stereocenters. The smallest absolute Gasteiger partial charge is 0.138 e. The molecule has 0 amide bonds. The van der Waals surface area contributed by atoms with Gasteiger partial charge in [0.15, 0.2) is 0 Å². The highest BCUT2D eigenvalue weighted by atomic mass is 79.9. The third-order valence-electron chi connectivity index (χ3n) is 1.75. The van der Waals surface area contributed by atoms with Crippen LogP contribution >= 0.6 is 28.6 Å². The summed E-state index contributed by atoms with van der Waals surface area (Å²) in [5.41, 5.74) is 0. The zero-order chi connectivity index (χ0) is 10.2. The van der Waals surface area contributed by atoms with E-state index in [1.165, 1.54) is 6.42 Å². The molecule has 1 aromatic rings. The summed E-state index contributed by atoms with van der Waals surface area (Å²) in [5.74, 6) is 1.78. The molecular formula is C10H14BrNOS. The van der Waals surface area contributed by atoms with Crippen molar-refractivity contribution in [3.05, 3.63) is 22.9 Å². The van der Waals surface area contributed by atoms with Crippen molar-refractivity contribution >= 4 is 28.6 Å². The standard InChI is InChI=1S/C10H14BrNOS/c11-9-6-10(8-12-7-9)13-4-2-1-3-5-14/h6-8,14H,1-5H2. The molecule has 0 saturated carbocycles. The number of pyridine rings is 1. The van der Waals surface area contributed by atoms with Crippen LogP contribution in [0.5, 0.6) is 5.75 Å². The van der Waals surface area contributed by atoms with E-state index in [-0.39, 0.29) is 0 Å². The van der Waals surface area contributed by atoms with Crippen LogP contribution in [0.2, 0.25) is 0 Å². The lowest BCUT2D eigenvalue weighted by atomic mass is 10.3. The first-order chi connectivity index (χ1) is 6.83. The molecule has 0 bridgehead atoms. The SMILES string of the molecule is SCCCCCOc1cncc(Br)c1. The molecule has 4 heteroatoms. The number of halogens is 1. The van der Waals surface area contributed by atoms with E-state index in [0.717, 1.165) is 35.4 Å². The second kappa shape index (κ2) is 7.12. The summed E-state index contributed by atoms with van der Waals surface area (Å²) in [7, 11) is 0. The molecular weight excluding hydrogens is 262 g/mol. The van der Waals surface area contributed by atoms with Crippen molar-refractivity contribution in [2.75, 3.05) is 12.4 Å². The number of nitrogens with zero attached hydrogens (tertiary/aromatic N) is 1. The Morgan fingerprint density at radius 1 is 1.29 bits per heavy atom. The lowest BCUT2D eigenvalue weighted by molar-refractivity contribution is 0.305. The van der Waals surface area contributed by atoms with Crippen LogP contribution < -0.4 is 4.74 Å². The van der Waals surface area contributed by atoms with E-state index in [1.54, 1.807) is 12.4 Å². The van der Waals surface area contributed by atoms with E-state index in [4.69, 9.17) is 4.74 Å². The van der Waals surface area contributed by atoms with Gasteiger partial charge in [-0.25, -0.2) is 0 Å². The van der Waals surface area contributed by atoms with Crippen LogP contribution in [0.25, 0.3) is 0 Å². The summed E-state index contributed by atoms with van der Waals surface area (Å²) < 4.78 is 6.47. The van der Waals surface area contributed by atoms with Crippen molar-refractivity contribution in [1.29, 1.82) is 0 Å². The molecule has 14 heavy (non-hydrogen) atoms. The molecule has 0 aliphatic carbocycles.